The third kappa shape index (κ3) is 13.7. The van der Waals surface area contributed by atoms with Crippen LogP contribution in [0.3, 0.4) is 0 Å². The smallest absolute Gasteiger partial charge is 0.244 e. The van der Waals surface area contributed by atoms with Crippen molar-refractivity contribution in [2.24, 2.45) is 0 Å². The van der Waals surface area contributed by atoms with E-state index in [1.165, 1.54) is 0 Å². The van der Waals surface area contributed by atoms with E-state index in [9.17, 15) is 0 Å². The molecule has 0 fully saturated rings. The van der Waals surface area contributed by atoms with E-state index >= 15 is 0 Å². The van der Waals surface area contributed by atoms with Crippen LogP contribution in [0.2, 0.25) is 0 Å². The van der Waals surface area contributed by atoms with E-state index in [1.54, 1.807) is 0 Å². The maximum atomic E-state index is 8.57. The molecule has 0 aromatic rings. The first-order valence-electron chi connectivity index (χ1n) is 3.23. The minimum absolute atomic E-state index is 0.570. The van der Waals surface area contributed by atoms with Crippen molar-refractivity contribution in [1.29, 1.82) is 0 Å². The van der Waals surface area contributed by atoms with Crippen molar-refractivity contribution in [2.75, 3.05) is 13.2 Å². The zero-order chi connectivity index (χ0) is 10.0. The average molecular weight is 252 g/mol. The molecule has 0 aliphatic heterocycles. The minimum Gasteiger partial charge on any atom is -0.348 e. The minimum atomic E-state index is -2.16. The van der Waals surface area contributed by atoms with Crippen molar-refractivity contribution in [2.45, 2.75) is 13.8 Å². The fraction of sp³-hybridized carbons (Fsp3) is 1.00. The largest absolute Gasteiger partial charge is 0.348 e. The first kappa shape index (κ1) is 15.6. The Balaban J connectivity index is 0. The summed E-state index contributed by atoms with van der Waals surface area (Å²) in [5.41, 5.74) is -2.16. The highest BCUT2D eigenvalue weighted by molar-refractivity contribution is 8.60. The van der Waals surface area contributed by atoms with Gasteiger partial charge in [0.05, 0.1) is 13.2 Å². The van der Waals surface area contributed by atoms with Gasteiger partial charge in [-0.05, 0) is 25.7 Å². The standard InChI is InChI=1S/C4H11O2PS2.H3O2P/c1-3-5-7(8,9)6-4-2;1-3-2/h3-4H2,1-2H3,(H,8,9);3H2,(H,1,2). The van der Waals surface area contributed by atoms with Crippen LogP contribution in [0, 0.1) is 0 Å². The molecule has 76 valence electrons. The van der Waals surface area contributed by atoms with Crippen molar-refractivity contribution in [3.05, 3.63) is 0 Å². The van der Waals surface area contributed by atoms with Crippen LogP contribution < -0.4 is 0 Å². The first-order valence-corrected chi connectivity index (χ1v) is 8.01. The molecule has 0 aliphatic rings. The Hall–Kier alpha value is 1.11. The van der Waals surface area contributed by atoms with Crippen LogP contribution in [0.1, 0.15) is 13.8 Å². The molecule has 0 saturated heterocycles. The Labute approximate surface area is 84.3 Å². The van der Waals surface area contributed by atoms with E-state index < -0.39 is 14.4 Å². The Morgan fingerprint density at radius 1 is 1.50 bits per heavy atom. The summed E-state index contributed by atoms with van der Waals surface area (Å²) in [6.45, 7) is 4.88. The van der Waals surface area contributed by atoms with Gasteiger partial charge in [0, 0.05) is 0 Å². The highest BCUT2D eigenvalue weighted by atomic mass is 32.9. The Kier molecular flexibility index (Phi) is 13.2. The number of hydrogen-bond acceptors (Lipinski definition) is 4. The lowest BCUT2D eigenvalue weighted by Gasteiger charge is -2.13. The molecule has 0 aromatic heterocycles. The van der Waals surface area contributed by atoms with E-state index in [-0.39, 0.29) is 0 Å². The topological polar surface area (TPSA) is 55.8 Å². The second-order valence-corrected chi connectivity index (χ2v) is 6.91. The van der Waals surface area contributed by atoms with Crippen molar-refractivity contribution in [3.63, 3.8) is 0 Å². The van der Waals surface area contributed by atoms with Crippen LogP contribution in [0.15, 0.2) is 0 Å². The Bertz CT molecular complexity index is 144. The molecule has 0 radical (unpaired) electrons. The SMILES string of the molecule is CCOP(=S)(S)OCC.O=[PH2]O. The molecule has 4 nitrogen and oxygen atoms in total. The van der Waals surface area contributed by atoms with Gasteiger partial charge in [-0.2, -0.15) is 0 Å². The summed E-state index contributed by atoms with van der Waals surface area (Å²) in [5, 5.41) is 0. The monoisotopic (exact) mass is 252 g/mol. The van der Waals surface area contributed by atoms with Crippen LogP contribution in [-0.2, 0) is 25.4 Å². The molecule has 0 saturated carbocycles. The van der Waals surface area contributed by atoms with Gasteiger partial charge in [0.1, 0.15) is 0 Å². The fourth-order valence-corrected chi connectivity index (χ4v) is 2.42. The van der Waals surface area contributed by atoms with Gasteiger partial charge < -0.3 is 13.9 Å². The van der Waals surface area contributed by atoms with Gasteiger partial charge in [0.15, 0.2) is 8.69 Å². The molecule has 12 heavy (non-hydrogen) atoms. The van der Waals surface area contributed by atoms with E-state index in [4.69, 9.17) is 30.3 Å². The van der Waals surface area contributed by atoms with E-state index in [2.05, 4.69) is 12.2 Å². The maximum Gasteiger partial charge on any atom is 0.244 e. The van der Waals surface area contributed by atoms with Gasteiger partial charge in [0.25, 0.3) is 0 Å². The predicted octanol–water partition coefficient (Wildman–Crippen LogP) is 1.86. The second kappa shape index (κ2) is 10.2. The summed E-state index contributed by atoms with van der Waals surface area (Å²) < 4.78 is 18.6. The second-order valence-electron chi connectivity index (χ2n) is 1.41. The molecule has 0 heterocycles. The molecule has 8 heteroatoms. The van der Waals surface area contributed by atoms with Crippen LogP contribution >= 0.6 is 26.6 Å². The molecule has 0 rings (SSSR count). The molecular formula is C4H14O4P2S2. The number of rotatable bonds is 4. The highest BCUT2D eigenvalue weighted by Crippen LogP contribution is 2.52. The molecular weight excluding hydrogens is 238 g/mol. The summed E-state index contributed by atoms with van der Waals surface area (Å²) >= 11 is 8.90. The summed E-state index contributed by atoms with van der Waals surface area (Å²) in [6, 6.07) is 0. The zero-order valence-electron chi connectivity index (χ0n) is 6.97. The molecule has 0 spiro atoms. The molecule has 0 amide bonds. The molecule has 0 aliphatic carbocycles. The van der Waals surface area contributed by atoms with Gasteiger partial charge in [-0.3, -0.25) is 4.57 Å². The normalized spacial score (nSPS) is 11.3. The summed E-state index contributed by atoms with van der Waals surface area (Å²) in [4.78, 5) is 7.10. The third-order valence-electron chi connectivity index (χ3n) is 0.584. The van der Waals surface area contributed by atoms with Gasteiger partial charge >= 0.3 is 0 Å². The van der Waals surface area contributed by atoms with Crippen molar-refractivity contribution < 1.29 is 18.5 Å². The van der Waals surface area contributed by atoms with E-state index in [0.29, 0.717) is 13.2 Å². The Morgan fingerprint density at radius 2 is 1.75 bits per heavy atom. The molecule has 0 aromatic carbocycles. The zero-order valence-corrected chi connectivity index (χ0v) is 10.7. The van der Waals surface area contributed by atoms with Crippen molar-refractivity contribution in [3.8, 4) is 0 Å². The summed E-state index contributed by atoms with van der Waals surface area (Å²) in [6.07, 6.45) is 0. The number of hydrogen-bond donors (Lipinski definition) is 2. The molecule has 0 bridgehead atoms. The molecule has 1 atom stereocenters. The fourth-order valence-electron chi connectivity index (χ4n) is 0.364. The molecule has 1 unspecified atom stereocenters. The van der Waals surface area contributed by atoms with Gasteiger partial charge in [-0.25, -0.2) is 0 Å². The van der Waals surface area contributed by atoms with Crippen molar-refractivity contribution in [1.82, 2.24) is 0 Å². The van der Waals surface area contributed by atoms with Crippen LogP contribution in [0.25, 0.3) is 0 Å². The highest BCUT2D eigenvalue weighted by Gasteiger charge is 2.08. The summed E-state index contributed by atoms with van der Waals surface area (Å²) in [5.74, 6) is 0. The van der Waals surface area contributed by atoms with Crippen LogP contribution in [0.5, 0.6) is 0 Å². The quantitative estimate of drug-likeness (QED) is 0.591. The first-order chi connectivity index (χ1) is 5.54. The Morgan fingerprint density at radius 3 is 1.92 bits per heavy atom. The van der Waals surface area contributed by atoms with Gasteiger partial charge in [0.2, 0.25) is 5.69 Å². The van der Waals surface area contributed by atoms with E-state index in [1.807, 2.05) is 13.8 Å². The van der Waals surface area contributed by atoms with Crippen LogP contribution in [0.4, 0.5) is 0 Å². The predicted molar refractivity (Wildman–Crippen MR) is 59.1 cm³/mol. The van der Waals surface area contributed by atoms with E-state index in [0.717, 1.165) is 0 Å². The van der Waals surface area contributed by atoms with Crippen molar-refractivity contribution >= 4 is 38.4 Å². The number of thiol groups is 1. The lowest BCUT2D eigenvalue weighted by Crippen LogP contribution is -1.88. The van der Waals surface area contributed by atoms with Crippen LogP contribution in [-0.4, -0.2) is 18.1 Å². The van der Waals surface area contributed by atoms with Gasteiger partial charge in [-0.1, -0.05) is 12.2 Å². The lowest BCUT2D eigenvalue weighted by atomic mass is 10.9. The third-order valence-corrected chi connectivity index (χ3v) is 3.08. The lowest BCUT2D eigenvalue weighted by molar-refractivity contribution is 0.281. The molecule has 1 N–H and O–H groups in total. The average Bonchev–Trinajstić information content (AvgIpc) is 1.88. The maximum absolute atomic E-state index is 8.57. The van der Waals surface area contributed by atoms with Gasteiger partial charge in [-0.15, -0.1) is 0 Å². The summed E-state index contributed by atoms with van der Waals surface area (Å²) in [7, 11) is -1.50.